The number of nitrogens with one attached hydrogen (secondary N) is 1. The minimum atomic E-state index is -0.505. The van der Waals surface area contributed by atoms with Gasteiger partial charge >= 0.3 is 0 Å². The van der Waals surface area contributed by atoms with Crippen LogP contribution in [0.15, 0.2) is 36.7 Å². The lowest BCUT2D eigenvalue weighted by Gasteiger charge is -2.37. The molecular weight excluding hydrogens is 363 g/mol. The first-order valence-electron chi connectivity index (χ1n) is 9.52. The summed E-state index contributed by atoms with van der Waals surface area (Å²) in [4.78, 5) is 22.9. The molecule has 4 rings (SSSR count). The van der Waals surface area contributed by atoms with E-state index in [1.165, 1.54) is 18.5 Å². The quantitative estimate of drug-likeness (QED) is 0.849. The van der Waals surface area contributed by atoms with Crippen molar-refractivity contribution in [2.75, 3.05) is 38.2 Å². The molecule has 1 aromatic heterocycles. The summed E-state index contributed by atoms with van der Waals surface area (Å²) in [6, 6.07) is 6.69. The zero-order valence-electron chi connectivity index (χ0n) is 15.6. The van der Waals surface area contributed by atoms with Crippen molar-refractivity contribution in [3.8, 4) is 0 Å². The Morgan fingerprint density at radius 1 is 1.14 bits per heavy atom. The van der Waals surface area contributed by atoms with Crippen molar-refractivity contribution in [3.05, 3.63) is 53.7 Å². The molecule has 2 fully saturated rings. The maximum absolute atomic E-state index is 13.6. The molecule has 0 atom stereocenters. The van der Waals surface area contributed by atoms with Crippen LogP contribution < -0.4 is 5.32 Å². The zero-order valence-corrected chi connectivity index (χ0v) is 15.6. The van der Waals surface area contributed by atoms with Crippen LogP contribution in [0, 0.1) is 5.82 Å². The van der Waals surface area contributed by atoms with Gasteiger partial charge in [-0.1, -0.05) is 18.2 Å². The molecule has 7 nitrogen and oxygen atoms in total. The molecule has 148 valence electrons. The maximum atomic E-state index is 13.6. The lowest BCUT2D eigenvalue weighted by molar-refractivity contribution is -0.181. The lowest BCUT2D eigenvalue weighted by Crippen LogP contribution is -2.47. The number of benzene rings is 1. The average Bonchev–Trinajstić information content (AvgIpc) is 3.18. The molecular formula is C20H23FN4O3. The molecule has 28 heavy (non-hydrogen) atoms. The molecule has 0 aliphatic carbocycles. The van der Waals surface area contributed by atoms with E-state index in [-0.39, 0.29) is 11.7 Å². The van der Waals surface area contributed by atoms with E-state index in [1.807, 2.05) is 6.07 Å². The summed E-state index contributed by atoms with van der Waals surface area (Å²) >= 11 is 0. The number of amides is 1. The number of halogens is 1. The highest BCUT2D eigenvalue weighted by Crippen LogP contribution is 2.31. The Kier molecular flexibility index (Phi) is 5.50. The number of hydrogen-bond donors (Lipinski definition) is 1. The molecule has 0 unspecified atom stereocenters. The van der Waals surface area contributed by atoms with Gasteiger partial charge in [0.05, 0.1) is 25.6 Å². The molecule has 0 bridgehead atoms. The van der Waals surface area contributed by atoms with Crippen molar-refractivity contribution in [1.82, 2.24) is 14.9 Å². The summed E-state index contributed by atoms with van der Waals surface area (Å²) in [7, 11) is 0. The first kappa shape index (κ1) is 18.8. The van der Waals surface area contributed by atoms with Crippen molar-refractivity contribution in [1.29, 1.82) is 0 Å². The van der Waals surface area contributed by atoms with Crippen molar-refractivity contribution in [3.63, 3.8) is 0 Å². The van der Waals surface area contributed by atoms with E-state index >= 15 is 0 Å². The van der Waals surface area contributed by atoms with Crippen LogP contribution in [-0.2, 0) is 15.9 Å². The normalized spacial score (nSPS) is 18.4. The van der Waals surface area contributed by atoms with Gasteiger partial charge in [0.25, 0.3) is 5.91 Å². The fourth-order valence-corrected chi connectivity index (χ4v) is 3.55. The molecule has 2 aliphatic rings. The van der Waals surface area contributed by atoms with Crippen LogP contribution >= 0.6 is 0 Å². The molecule has 0 saturated carbocycles. The first-order valence-corrected chi connectivity index (χ1v) is 9.52. The van der Waals surface area contributed by atoms with Crippen LogP contribution in [0.2, 0.25) is 0 Å². The predicted molar refractivity (Wildman–Crippen MR) is 100 cm³/mol. The van der Waals surface area contributed by atoms with Crippen LogP contribution in [0.4, 0.5) is 10.2 Å². The maximum Gasteiger partial charge on any atom is 0.274 e. The zero-order chi connectivity index (χ0) is 19.4. The van der Waals surface area contributed by atoms with Crippen molar-refractivity contribution < 1.29 is 18.7 Å². The van der Waals surface area contributed by atoms with Gasteiger partial charge in [0.15, 0.2) is 5.79 Å². The molecule has 1 aromatic carbocycles. The van der Waals surface area contributed by atoms with Gasteiger partial charge in [-0.05, 0) is 18.1 Å². The third-order valence-electron chi connectivity index (χ3n) is 5.16. The van der Waals surface area contributed by atoms with Crippen molar-refractivity contribution in [2.45, 2.75) is 25.0 Å². The Labute approximate surface area is 162 Å². The second kappa shape index (κ2) is 8.20. The minimum Gasteiger partial charge on any atom is -0.368 e. The van der Waals surface area contributed by atoms with Crippen LogP contribution in [0.25, 0.3) is 0 Å². The molecule has 2 saturated heterocycles. The Bertz CT molecular complexity index is 814. The number of rotatable bonds is 5. The third-order valence-corrected chi connectivity index (χ3v) is 5.16. The number of carbonyl (C=O) groups excluding carboxylic acids is 1. The number of anilines is 1. The predicted octanol–water partition coefficient (Wildman–Crippen LogP) is 2.25. The van der Waals surface area contributed by atoms with Crippen LogP contribution in [0.1, 0.15) is 28.9 Å². The van der Waals surface area contributed by atoms with Crippen LogP contribution in [0.3, 0.4) is 0 Å². The van der Waals surface area contributed by atoms with Crippen LogP contribution in [0.5, 0.6) is 0 Å². The Morgan fingerprint density at radius 2 is 1.89 bits per heavy atom. The summed E-state index contributed by atoms with van der Waals surface area (Å²) in [6.07, 6.45) is 4.88. The molecule has 1 spiro atoms. The van der Waals surface area contributed by atoms with Gasteiger partial charge in [0, 0.05) is 32.5 Å². The number of piperidine rings is 1. The van der Waals surface area contributed by atoms with Gasteiger partial charge in [-0.2, -0.15) is 0 Å². The largest absolute Gasteiger partial charge is 0.368 e. The Balaban J connectivity index is 1.28. The monoisotopic (exact) mass is 386 g/mol. The number of aromatic nitrogens is 2. The molecule has 2 aliphatic heterocycles. The number of ether oxygens (including phenoxy) is 2. The molecule has 8 heteroatoms. The van der Waals surface area contributed by atoms with E-state index in [0.717, 1.165) is 0 Å². The van der Waals surface area contributed by atoms with Gasteiger partial charge in [-0.25, -0.2) is 14.4 Å². The van der Waals surface area contributed by atoms with E-state index in [1.54, 1.807) is 17.0 Å². The highest BCUT2D eigenvalue weighted by molar-refractivity contribution is 5.92. The van der Waals surface area contributed by atoms with Crippen molar-refractivity contribution >= 4 is 11.7 Å². The number of nitrogens with zero attached hydrogens (tertiary/aromatic N) is 3. The SMILES string of the molecule is O=C(c1cnc(NCCc2ccccc2F)cn1)N1CCC2(CC1)OCCO2. The number of hydrogen-bond acceptors (Lipinski definition) is 6. The minimum absolute atomic E-state index is 0.141. The first-order chi connectivity index (χ1) is 13.7. The summed E-state index contributed by atoms with van der Waals surface area (Å²) < 4.78 is 25.0. The average molecular weight is 386 g/mol. The molecule has 1 N–H and O–H groups in total. The number of likely N-dealkylation sites (tertiary alicyclic amines) is 1. The molecule has 3 heterocycles. The second-order valence-electron chi connectivity index (χ2n) is 6.95. The standard InChI is InChI=1S/C20H23FN4O3/c21-16-4-2-1-3-15(16)5-8-22-18-14-23-17(13-24-18)19(26)25-9-6-20(7-10-25)27-11-12-28-20/h1-4,13-14H,5-12H2,(H,22,24). The smallest absolute Gasteiger partial charge is 0.274 e. The summed E-state index contributed by atoms with van der Waals surface area (Å²) in [6.45, 7) is 2.90. The van der Waals surface area contributed by atoms with Crippen LogP contribution in [-0.4, -0.2) is 59.4 Å². The van der Waals surface area contributed by atoms with E-state index in [0.29, 0.717) is 69.2 Å². The second-order valence-corrected chi connectivity index (χ2v) is 6.95. The fraction of sp³-hybridized carbons (Fsp3) is 0.450. The molecule has 0 radical (unpaired) electrons. The highest BCUT2D eigenvalue weighted by Gasteiger charge is 2.41. The third kappa shape index (κ3) is 4.13. The Hall–Kier alpha value is -2.58. The van der Waals surface area contributed by atoms with Gasteiger partial charge in [-0.3, -0.25) is 4.79 Å². The summed E-state index contributed by atoms with van der Waals surface area (Å²) in [5.74, 6) is -0.307. The summed E-state index contributed by atoms with van der Waals surface area (Å²) in [5.41, 5.74) is 0.955. The van der Waals surface area contributed by atoms with Gasteiger partial charge in [-0.15, -0.1) is 0 Å². The fourth-order valence-electron chi connectivity index (χ4n) is 3.55. The van der Waals surface area contributed by atoms with E-state index < -0.39 is 5.79 Å². The molecule has 1 amide bonds. The van der Waals surface area contributed by atoms with Gasteiger partial charge in [0.2, 0.25) is 0 Å². The molecule has 2 aromatic rings. The Morgan fingerprint density at radius 3 is 2.57 bits per heavy atom. The van der Waals surface area contributed by atoms with Crippen molar-refractivity contribution in [2.24, 2.45) is 0 Å². The lowest BCUT2D eigenvalue weighted by atomic mass is 10.0. The van der Waals surface area contributed by atoms with Gasteiger partial charge in [0.1, 0.15) is 17.3 Å². The van der Waals surface area contributed by atoms with Gasteiger partial charge < -0.3 is 19.7 Å². The van der Waals surface area contributed by atoms with E-state index in [9.17, 15) is 9.18 Å². The summed E-state index contributed by atoms with van der Waals surface area (Å²) in [5, 5.41) is 3.10. The van der Waals surface area contributed by atoms with E-state index in [2.05, 4.69) is 15.3 Å². The van der Waals surface area contributed by atoms with E-state index in [4.69, 9.17) is 9.47 Å². The topological polar surface area (TPSA) is 76.6 Å². The number of carbonyl (C=O) groups is 1. The highest BCUT2D eigenvalue weighted by atomic mass is 19.1.